The number of hydrogen-bond acceptors (Lipinski definition) is 4. The zero-order valence-corrected chi connectivity index (χ0v) is 14.4. The molecule has 0 aromatic heterocycles. The van der Waals surface area contributed by atoms with E-state index < -0.39 is 16.0 Å². The maximum absolute atomic E-state index is 12.3. The van der Waals surface area contributed by atoms with E-state index in [1.54, 1.807) is 6.07 Å². The van der Waals surface area contributed by atoms with E-state index in [4.69, 9.17) is 0 Å². The van der Waals surface area contributed by atoms with E-state index in [1.165, 1.54) is 12.1 Å². The lowest BCUT2D eigenvalue weighted by molar-refractivity contribution is 0.0697. The number of anilines is 1. The molecule has 1 aliphatic rings. The highest BCUT2D eigenvalue weighted by Gasteiger charge is 2.22. The number of aromatic carboxylic acids is 1. The number of piperidine rings is 1. The lowest BCUT2D eigenvalue weighted by Crippen LogP contribution is -2.31. The first kappa shape index (κ1) is 17.7. The van der Waals surface area contributed by atoms with Crippen LogP contribution in [0.1, 0.15) is 43.5 Å². The van der Waals surface area contributed by atoms with Crippen LogP contribution in [0.4, 0.5) is 5.69 Å². The number of carboxylic acid groups (broad SMARTS) is 1. The smallest absolute Gasteiger partial charge is 0.337 e. The van der Waals surface area contributed by atoms with Crippen molar-refractivity contribution in [3.8, 4) is 0 Å². The van der Waals surface area contributed by atoms with Gasteiger partial charge >= 0.3 is 5.97 Å². The van der Waals surface area contributed by atoms with Gasteiger partial charge in [-0.05, 0) is 43.4 Å². The van der Waals surface area contributed by atoms with Gasteiger partial charge in [-0.1, -0.05) is 13.8 Å². The summed E-state index contributed by atoms with van der Waals surface area (Å²) >= 11 is 0. The second-order valence-corrected chi connectivity index (χ2v) is 8.04. The molecule has 0 atom stereocenters. The van der Waals surface area contributed by atoms with Gasteiger partial charge in [0.1, 0.15) is 0 Å². The van der Waals surface area contributed by atoms with E-state index in [1.807, 2.05) is 18.7 Å². The molecule has 1 aromatic carbocycles. The SMILES string of the molecule is CC(C)CNS(=O)(=O)c1ccc(N2CCCCC2)c(C(=O)O)c1. The first-order valence-corrected chi connectivity index (χ1v) is 9.41. The van der Waals surface area contributed by atoms with Gasteiger partial charge in [-0.25, -0.2) is 17.9 Å². The molecule has 0 aliphatic carbocycles. The summed E-state index contributed by atoms with van der Waals surface area (Å²) in [6, 6.07) is 4.35. The van der Waals surface area contributed by atoms with E-state index in [2.05, 4.69) is 4.72 Å². The number of sulfonamides is 1. The van der Waals surface area contributed by atoms with Crippen LogP contribution in [0.25, 0.3) is 0 Å². The van der Waals surface area contributed by atoms with Gasteiger partial charge in [0.2, 0.25) is 10.0 Å². The fourth-order valence-corrected chi connectivity index (χ4v) is 3.86. The summed E-state index contributed by atoms with van der Waals surface area (Å²) in [7, 11) is -3.69. The van der Waals surface area contributed by atoms with Crippen LogP contribution in [-0.4, -0.2) is 39.1 Å². The summed E-state index contributed by atoms with van der Waals surface area (Å²) in [4.78, 5) is 13.6. The van der Waals surface area contributed by atoms with Crippen LogP contribution in [0.2, 0.25) is 0 Å². The molecule has 0 amide bonds. The van der Waals surface area contributed by atoms with Crippen LogP contribution in [0.5, 0.6) is 0 Å². The van der Waals surface area contributed by atoms with Gasteiger partial charge in [0, 0.05) is 19.6 Å². The van der Waals surface area contributed by atoms with Crippen molar-refractivity contribution in [2.45, 2.75) is 38.0 Å². The van der Waals surface area contributed by atoms with Gasteiger partial charge in [0.25, 0.3) is 0 Å². The zero-order valence-electron chi connectivity index (χ0n) is 13.6. The number of carboxylic acids is 1. The highest BCUT2D eigenvalue weighted by Crippen LogP contribution is 2.27. The van der Waals surface area contributed by atoms with E-state index in [-0.39, 0.29) is 16.4 Å². The van der Waals surface area contributed by atoms with Crippen LogP contribution in [-0.2, 0) is 10.0 Å². The molecule has 1 fully saturated rings. The van der Waals surface area contributed by atoms with Crippen molar-refractivity contribution in [3.05, 3.63) is 23.8 Å². The Labute approximate surface area is 137 Å². The lowest BCUT2D eigenvalue weighted by Gasteiger charge is -2.30. The summed E-state index contributed by atoms with van der Waals surface area (Å²) in [6.07, 6.45) is 3.19. The average molecular weight is 340 g/mol. The molecule has 6 nitrogen and oxygen atoms in total. The number of rotatable bonds is 6. The number of nitrogens with one attached hydrogen (secondary N) is 1. The van der Waals surface area contributed by atoms with Gasteiger partial charge in [0.15, 0.2) is 0 Å². The fourth-order valence-electron chi connectivity index (χ4n) is 2.62. The predicted octanol–water partition coefficient (Wildman–Crippen LogP) is 2.31. The van der Waals surface area contributed by atoms with Crippen molar-refractivity contribution in [3.63, 3.8) is 0 Å². The van der Waals surface area contributed by atoms with Gasteiger partial charge < -0.3 is 10.0 Å². The van der Waals surface area contributed by atoms with E-state index >= 15 is 0 Å². The molecule has 128 valence electrons. The average Bonchev–Trinajstić information content (AvgIpc) is 2.53. The van der Waals surface area contributed by atoms with Crippen molar-refractivity contribution >= 4 is 21.7 Å². The number of carbonyl (C=O) groups is 1. The first-order valence-electron chi connectivity index (χ1n) is 7.93. The maximum atomic E-state index is 12.3. The Morgan fingerprint density at radius 3 is 2.48 bits per heavy atom. The molecule has 0 saturated carbocycles. The molecular weight excluding hydrogens is 316 g/mol. The van der Waals surface area contributed by atoms with Crippen molar-refractivity contribution in [2.24, 2.45) is 5.92 Å². The normalized spacial score (nSPS) is 15.9. The third kappa shape index (κ3) is 4.45. The Balaban J connectivity index is 2.33. The van der Waals surface area contributed by atoms with Gasteiger partial charge in [-0.2, -0.15) is 0 Å². The second-order valence-electron chi connectivity index (χ2n) is 6.28. The number of hydrogen-bond donors (Lipinski definition) is 2. The Bertz CT molecular complexity index is 665. The Morgan fingerprint density at radius 1 is 1.26 bits per heavy atom. The second kappa shape index (κ2) is 7.31. The van der Waals surface area contributed by atoms with E-state index in [9.17, 15) is 18.3 Å². The molecule has 2 N–H and O–H groups in total. The minimum absolute atomic E-state index is 0.00342. The van der Waals surface area contributed by atoms with E-state index in [0.29, 0.717) is 12.2 Å². The minimum atomic E-state index is -3.69. The highest BCUT2D eigenvalue weighted by molar-refractivity contribution is 7.89. The van der Waals surface area contributed by atoms with Crippen LogP contribution in [0, 0.1) is 5.92 Å². The molecule has 0 spiro atoms. The van der Waals surface area contributed by atoms with E-state index in [0.717, 1.165) is 32.4 Å². The van der Waals surface area contributed by atoms with Gasteiger partial charge in [0.05, 0.1) is 16.1 Å². The summed E-state index contributed by atoms with van der Waals surface area (Å²) in [5.74, 6) is -0.928. The maximum Gasteiger partial charge on any atom is 0.337 e. The molecule has 23 heavy (non-hydrogen) atoms. The third-order valence-electron chi connectivity index (χ3n) is 3.89. The summed E-state index contributed by atoms with van der Waals surface area (Å²) < 4.78 is 27.1. The van der Waals surface area contributed by atoms with Crippen LogP contribution in [0.15, 0.2) is 23.1 Å². The predicted molar refractivity (Wildman–Crippen MR) is 89.5 cm³/mol. The molecule has 2 rings (SSSR count). The summed E-state index contributed by atoms with van der Waals surface area (Å²) in [6.45, 7) is 5.74. The molecule has 1 aliphatic heterocycles. The molecule has 7 heteroatoms. The lowest BCUT2D eigenvalue weighted by atomic mass is 10.1. The first-order chi connectivity index (χ1) is 10.8. The van der Waals surface area contributed by atoms with Gasteiger partial charge in [-0.3, -0.25) is 0 Å². The Morgan fingerprint density at radius 2 is 1.91 bits per heavy atom. The number of nitrogens with zero attached hydrogens (tertiary/aromatic N) is 1. The summed E-state index contributed by atoms with van der Waals surface area (Å²) in [5, 5.41) is 9.46. The minimum Gasteiger partial charge on any atom is -0.478 e. The Kier molecular flexibility index (Phi) is 5.64. The largest absolute Gasteiger partial charge is 0.478 e. The molecule has 1 aromatic rings. The van der Waals surface area contributed by atoms with Crippen molar-refractivity contribution in [2.75, 3.05) is 24.5 Å². The monoisotopic (exact) mass is 340 g/mol. The topological polar surface area (TPSA) is 86.7 Å². The van der Waals surface area contributed by atoms with Crippen LogP contribution in [0.3, 0.4) is 0 Å². The summed E-state index contributed by atoms with van der Waals surface area (Å²) in [5.41, 5.74) is 0.638. The molecule has 0 bridgehead atoms. The third-order valence-corrected chi connectivity index (χ3v) is 5.31. The van der Waals surface area contributed by atoms with Crippen LogP contribution >= 0.6 is 0 Å². The number of benzene rings is 1. The fraction of sp³-hybridized carbons (Fsp3) is 0.562. The Hall–Kier alpha value is -1.60. The molecule has 0 unspecified atom stereocenters. The molecule has 1 heterocycles. The highest BCUT2D eigenvalue weighted by atomic mass is 32.2. The quantitative estimate of drug-likeness (QED) is 0.830. The van der Waals surface area contributed by atoms with Gasteiger partial charge in [-0.15, -0.1) is 0 Å². The molecule has 0 radical (unpaired) electrons. The standard InChI is InChI=1S/C16H24N2O4S/c1-12(2)11-17-23(21,22)13-6-7-15(14(10-13)16(19)20)18-8-4-3-5-9-18/h6-7,10,12,17H,3-5,8-9,11H2,1-2H3,(H,19,20). The zero-order chi connectivity index (χ0) is 17.0. The van der Waals surface area contributed by atoms with Crippen molar-refractivity contribution < 1.29 is 18.3 Å². The van der Waals surface area contributed by atoms with Crippen molar-refractivity contribution in [1.29, 1.82) is 0 Å². The van der Waals surface area contributed by atoms with Crippen molar-refractivity contribution in [1.82, 2.24) is 4.72 Å². The molecule has 1 saturated heterocycles. The van der Waals surface area contributed by atoms with Crippen LogP contribution < -0.4 is 9.62 Å². The molecular formula is C16H24N2O4S.